The molecule has 0 aliphatic heterocycles. The molecule has 1 saturated carbocycles. The van der Waals surface area contributed by atoms with Crippen LogP contribution in [0, 0.1) is 0 Å². The molecule has 0 radical (unpaired) electrons. The summed E-state index contributed by atoms with van der Waals surface area (Å²) in [6.07, 6.45) is 9.58. The molecule has 0 unspecified atom stereocenters. The second-order valence-electron chi connectivity index (χ2n) is 6.88. The monoisotopic (exact) mass is 322 g/mol. The van der Waals surface area contributed by atoms with Crippen LogP contribution in [0.25, 0.3) is 17.2 Å². The highest BCUT2D eigenvalue weighted by molar-refractivity contribution is 5.66. The van der Waals surface area contributed by atoms with Gasteiger partial charge in [0.05, 0.1) is 0 Å². The maximum Gasteiger partial charge on any atom is 0.100 e. The van der Waals surface area contributed by atoms with E-state index in [1.54, 1.807) is 0 Å². The number of halogens is 1. The van der Waals surface area contributed by atoms with E-state index in [1.165, 1.54) is 28.7 Å². The molecule has 1 aliphatic carbocycles. The van der Waals surface area contributed by atoms with E-state index in [2.05, 4.69) is 67.6 Å². The molecule has 24 heavy (non-hydrogen) atoms. The van der Waals surface area contributed by atoms with E-state index in [9.17, 15) is 4.39 Å². The maximum absolute atomic E-state index is 13.3. The van der Waals surface area contributed by atoms with Crippen LogP contribution >= 0.6 is 0 Å². The van der Waals surface area contributed by atoms with Crippen molar-refractivity contribution in [3.05, 3.63) is 65.7 Å². The molecule has 126 valence electrons. The molecule has 1 aliphatic rings. The molecule has 0 heterocycles. The van der Waals surface area contributed by atoms with Crippen LogP contribution in [0.1, 0.15) is 62.5 Å². The van der Waals surface area contributed by atoms with Crippen molar-refractivity contribution < 1.29 is 4.39 Å². The summed E-state index contributed by atoms with van der Waals surface area (Å²) in [5, 5.41) is 0. The Hall–Kier alpha value is -1.89. The molecule has 0 aromatic heterocycles. The second-order valence-corrected chi connectivity index (χ2v) is 6.88. The number of allylic oxidation sites excluding steroid dienone is 1. The summed E-state index contributed by atoms with van der Waals surface area (Å²) < 4.78 is 13.3. The first-order chi connectivity index (χ1) is 11.8. The zero-order chi connectivity index (χ0) is 16.8. The normalized spacial score (nSPS) is 21.2. The van der Waals surface area contributed by atoms with Gasteiger partial charge in [0.15, 0.2) is 0 Å². The summed E-state index contributed by atoms with van der Waals surface area (Å²) in [7, 11) is 0. The van der Waals surface area contributed by atoms with Crippen LogP contribution in [0.2, 0.25) is 0 Å². The first kappa shape index (κ1) is 17.0. The zero-order valence-electron chi connectivity index (χ0n) is 14.5. The van der Waals surface area contributed by atoms with Gasteiger partial charge in [-0.15, -0.1) is 0 Å². The molecule has 2 aromatic carbocycles. The fraction of sp³-hybridized carbons (Fsp3) is 0.391. The number of rotatable bonds is 5. The molecule has 0 amide bonds. The van der Waals surface area contributed by atoms with Crippen LogP contribution in [0.15, 0.2) is 54.6 Å². The Kier molecular flexibility index (Phi) is 5.85. The van der Waals surface area contributed by atoms with Crippen molar-refractivity contribution in [2.45, 2.75) is 57.5 Å². The summed E-state index contributed by atoms with van der Waals surface area (Å²) in [5.74, 6) is 0.539. The standard InChI is InChI=1S/C23H27F/c1-2-3-4-5-18-6-8-19(9-7-18)20-10-12-21(13-11-20)22-14-16-23(24)17-15-22/h4-13,22-23H,2-3,14-17H2,1H3/b5-4+. The van der Waals surface area contributed by atoms with Crippen molar-refractivity contribution in [2.75, 3.05) is 0 Å². The average molecular weight is 322 g/mol. The molecule has 0 spiro atoms. The first-order valence-corrected chi connectivity index (χ1v) is 9.27. The van der Waals surface area contributed by atoms with Gasteiger partial charge in [-0.25, -0.2) is 4.39 Å². The fourth-order valence-electron chi connectivity index (χ4n) is 3.51. The largest absolute Gasteiger partial charge is 0.247 e. The van der Waals surface area contributed by atoms with Gasteiger partial charge in [0, 0.05) is 0 Å². The Morgan fingerprint density at radius 1 is 0.875 bits per heavy atom. The lowest BCUT2D eigenvalue weighted by Gasteiger charge is -2.24. The summed E-state index contributed by atoms with van der Waals surface area (Å²) in [4.78, 5) is 0. The van der Waals surface area contributed by atoms with Gasteiger partial charge in [-0.2, -0.15) is 0 Å². The molecular formula is C23H27F. The van der Waals surface area contributed by atoms with E-state index in [0.29, 0.717) is 5.92 Å². The highest BCUT2D eigenvalue weighted by Gasteiger charge is 2.21. The quantitative estimate of drug-likeness (QED) is 0.547. The summed E-state index contributed by atoms with van der Waals surface area (Å²) in [6.45, 7) is 2.19. The molecule has 0 saturated heterocycles. The highest BCUT2D eigenvalue weighted by atomic mass is 19.1. The van der Waals surface area contributed by atoms with Crippen LogP contribution in [0.3, 0.4) is 0 Å². The first-order valence-electron chi connectivity index (χ1n) is 9.27. The lowest BCUT2D eigenvalue weighted by atomic mass is 9.83. The van der Waals surface area contributed by atoms with Gasteiger partial charge in [0.1, 0.15) is 6.17 Å². The molecule has 1 heteroatoms. The molecule has 1 fully saturated rings. The minimum Gasteiger partial charge on any atom is -0.247 e. The maximum atomic E-state index is 13.3. The van der Waals surface area contributed by atoms with Crippen molar-refractivity contribution in [1.82, 2.24) is 0 Å². The third kappa shape index (κ3) is 4.35. The van der Waals surface area contributed by atoms with Crippen molar-refractivity contribution in [2.24, 2.45) is 0 Å². The van der Waals surface area contributed by atoms with E-state index in [-0.39, 0.29) is 0 Å². The van der Waals surface area contributed by atoms with Crippen LogP contribution in [0.5, 0.6) is 0 Å². The van der Waals surface area contributed by atoms with Crippen molar-refractivity contribution in [3.8, 4) is 11.1 Å². The van der Waals surface area contributed by atoms with E-state index < -0.39 is 6.17 Å². The summed E-state index contributed by atoms with van der Waals surface area (Å²) in [5.41, 5.74) is 5.13. The van der Waals surface area contributed by atoms with Gasteiger partial charge in [0.25, 0.3) is 0 Å². The molecule has 0 bridgehead atoms. The predicted octanol–water partition coefficient (Wildman–Crippen LogP) is 7.16. The van der Waals surface area contributed by atoms with Gasteiger partial charge in [-0.3, -0.25) is 0 Å². The van der Waals surface area contributed by atoms with Gasteiger partial charge in [0.2, 0.25) is 0 Å². The van der Waals surface area contributed by atoms with E-state index in [1.807, 2.05) is 0 Å². The van der Waals surface area contributed by atoms with Crippen molar-refractivity contribution >= 4 is 6.08 Å². The van der Waals surface area contributed by atoms with Crippen LogP contribution in [0.4, 0.5) is 4.39 Å². The number of hydrogen-bond acceptors (Lipinski definition) is 0. The Bertz CT molecular complexity index is 643. The smallest absolute Gasteiger partial charge is 0.100 e. The van der Waals surface area contributed by atoms with Crippen LogP contribution < -0.4 is 0 Å². The van der Waals surface area contributed by atoms with Crippen molar-refractivity contribution in [3.63, 3.8) is 0 Å². The third-order valence-corrected chi connectivity index (χ3v) is 5.05. The predicted molar refractivity (Wildman–Crippen MR) is 102 cm³/mol. The SMILES string of the molecule is CCC/C=C/c1ccc(-c2ccc(C3CCC(F)CC3)cc2)cc1. The molecule has 0 nitrogen and oxygen atoms in total. The van der Waals surface area contributed by atoms with E-state index in [0.717, 1.165) is 32.1 Å². The number of alkyl halides is 1. The molecule has 3 rings (SSSR count). The third-order valence-electron chi connectivity index (χ3n) is 5.05. The highest BCUT2D eigenvalue weighted by Crippen LogP contribution is 2.34. The molecule has 2 aromatic rings. The molecule has 0 N–H and O–H groups in total. The summed E-state index contributed by atoms with van der Waals surface area (Å²) >= 11 is 0. The van der Waals surface area contributed by atoms with Crippen LogP contribution in [-0.4, -0.2) is 6.17 Å². The Balaban J connectivity index is 1.67. The topological polar surface area (TPSA) is 0 Å². The summed E-state index contributed by atoms with van der Waals surface area (Å²) in [6, 6.07) is 17.6. The lowest BCUT2D eigenvalue weighted by molar-refractivity contribution is 0.235. The van der Waals surface area contributed by atoms with Crippen LogP contribution in [-0.2, 0) is 0 Å². The van der Waals surface area contributed by atoms with Gasteiger partial charge < -0.3 is 0 Å². The second kappa shape index (κ2) is 8.28. The Labute approximate surface area is 145 Å². The Morgan fingerprint density at radius 3 is 2.04 bits per heavy atom. The molecular weight excluding hydrogens is 295 g/mol. The fourth-order valence-corrected chi connectivity index (χ4v) is 3.51. The molecule has 0 atom stereocenters. The van der Waals surface area contributed by atoms with Gasteiger partial charge >= 0.3 is 0 Å². The lowest BCUT2D eigenvalue weighted by Crippen LogP contribution is -2.13. The Morgan fingerprint density at radius 2 is 1.46 bits per heavy atom. The minimum atomic E-state index is -0.578. The average Bonchev–Trinajstić information content (AvgIpc) is 2.63. The van der Waals surface area contributed by atoms with Crippen molar-refractivity contribution in [1.29, 1.82) is 0 Å². The van der Waals surface area contributed by atoms with E-state index >= 15 is 0 Å². The minimum absolute atomic E-state index is 0.539. The number of hydrogen-bond donors (Lipinski definition) is 0. The number of unbranched alkanes of at least 4 members (excludes halogenated alkanes) is 1. The van der Waals surface area contributed by atoms with Gasteiger partial charge in [-0.05, 0) is 60.3 Å². The number of benzene rings is 2. The van der Waals surface area contributed by atoms with E-state index in [4.69, 9.17) is 0 Å². The zero-order valence-corrected chi connectivity index (χ0v) is 14.5. The van der Waals surface area contributed by atoms with Gasteiger partial charge in [-0.1, -0.05) is 74.0 Å².